The van der Waals surface area contributed by atoms with Gasteiger partial charge in [-0.3, -0.25) is 0 Å². The Hall–Kier alpha value is -0.810. The molecule has 19 heavy (non-hydrogen) atoms. The molecule has 0 aliphatic heterocycles. The van der Waals surface area contributed by atoms with Crippen LogP contribution in [0.25, 0.3) is 0 Å². The number of aryl methyl sites for hydroxylation is 2. The highest BCUT2D eigenvalue weighted by Gasteiger charge is 2.30. The van der Waals surface area contributed by atoms with Crippen LogP contribution in [-0.2, 0) is 12.6 Å². The average Bonchev–Trinajstić information content (AvgIpc) is 2.55. The molecule has 0 unspecified atom stereocenters. The van der Waals surface area contributed by atoms with Crippen molar-refractivity contribution in [1.29, 1.82) is 0 Å². The maximum atomic E-state index is 12.7. The molecule has 2 aromatic rings. The van der Waals surface area contributed by atoms with Gasteiger partial charge in [-0.15, -0.1) is 11.3 Å². The molecule has 0 nitrogen and oxygen atoms in total. The summed E-state index contributed by atoms with van der Waals surface area (Å²) in [6.07, 6.45) is -3.77. The minimum atomic E-state index is -4.28. The van der Waals surface area contributed by atoms with Gasteiger partial charge in [0.2, 0.25) is 0 Å². The smallest absolute Gasteiger partial charge is 0.166 e. The highest BCUT2D eigenvalue weighted by atomic mass is 79.9. The van der Waals surface area contributed by atoms with E-state index in [9.17, 15) is 13.2 Å². The van der Waals surface area contributed by atoms with Crippen LogP contribution >= 0.6 is 27.3 Å². The molecule has 0 aliphatic rings. The molecule has 0 amide bonds. The van der Waals surface area contributed by atoms with Crippen LogP contribution in [0.5, 0.6) is 0 Å². The third-order valence-corrected chi connectivity index (χ3v) is 5.34. The Bertz CT molecular complexity index is 599. The van der Waals surface area contributed by atoms with E-state index in [2.05, 4.69) is 15.9 Å². The Kier molecular flexibility index (Phi) is 4.06. The lowest BCUT2D eigenvalue weighted by atomic mass is 10.0. The third-order valence-electron chi connectivity index (χ3n) is 2.94. The van der Waals surface area contributed by atoms with Gasteiger partial charge in [-0.2, -0.15) is 13.2 Å². The zero-order valence-corrected chi connectivity index (χ0v) is 12.8. The van der Waals surface area contributed by atoms with Crippen molar-refractivity contribution in [2.24, 2.45) is 0 Å². The Labute approximate surface area is 122 Å². The highest BCUT2D eigenvalue weighted by Crippen LogP contribution is 2.35. The topological polar surface area (TPSA) is 0 Å². The molecule has 102 valence electrons. The Morgan fingerprint density at radius 2 is 1.84 bits per heavy atom. The molecule has 2 rings (SSSR count). The minimum Gasteiger partial charge on any atom is -0.166 e. The molecule has 0 saturated heterocycles. The van der Waals surface area contributed by atoms with E-state index in [1.165, 1.54) is 12.1 Å². The lowest BCUT2D eigenvalue weighted by molar-refractivity contribution is -0.137. The molecule has 0 fully saturated rings. The first-order valence-corrected chi connectivity index (χ1v) is 7.30. The molecule has 5 heteroatoms. The summed E-state index contributed by atoms with van der Waals surface area (Å²) in [5.74, 6) is 0. The molecule has 0 spiro atoms. The molecule has 1 aromatic heterocycles. The summed E-state index contributed by atoms with van der Waals surface area (Å²) in [5.41, 5.74) is 1.16. The van der Waals surface area contributed by atoms with Crippen LogP contribution in [0.1, 0.15) is 26.4 Å². The maximum Gasteiger partial charge on any atom is 0.416 e. The van der Waals surface area contributed by atoms with Crippen molar-refractivity contribution in [3.8, 4) is 0 Å². The molecule has 1 aromatic carbocycles. The molecule has 0 atom stereocenters. The average molecular weight is 349 g/mol. The van der Waals surface area contributed by atoms with Crippen molar-refractivity contribution < 1.29 is 13.2 Å². The van der Waals surface area contributed by atoms with E-state index >= 15 is 0 Å². The highest BCUT2D eigenvalue weighted by molar-refractivity contribution is 9.10. The normalized spacial score (nSPS) is 11.9. The second-order valence-corrected chi connectivity index (χ2v) is 6.60. The van der Waals surface area contributed by atoms with E-state index in [0.29, 0.717) is 12.0 Å². The van der Waals surface area contributed by atoms with Gasteiger partial charge in [-0.05, 0) is 53.4 Å². The Morgan fingerprint density at radius 3 is 2.37 bits per heavy atom. The van der Waals surface area contributed by atoms with E-state index < -0.39 is 11.7 Å². The van der Waals surface area contributed by atoms with Gasteiger partial charge in [0.05, 0.1) is 5.56 Å². The van der Waals surface area contributed by atoms with E-state index in [1.807, 2.05) is 13.8 Å². The summed E-state index contributed by atoms with van der Waals surface area (Å²) < 4.78 is 39.0. The Balaban J connectivity index is 2.34. The predicted octanol–water partition coefficient (Wildman–Crippen LogP) is 5.74. The summed E-state index contributed by atoms with van der Waals surface area (Å²) in [7, 11) is 0. The first-order valence-electron chi connectivity index (χ1n) is 5.69. The molecule has 0 radical (unpaired) electrons. The minimum absolute atomic E-state index is 0.515. The van der Waals surface area contributed by atoms with Crippen molar-refractivity contribution >= 4 is 27.3 Å². The molecule has 0 N–H and O–H groups in total. The van der Waals surface area contributed by atoms with Gasteiger partial charge in [-0.25, -0.2) is 0 Å². The summed E-state index contributed by atoms with van der Waals surface area (Å²) in [5, 5.41) is 0. The van der Waals surface area contributed by atoms with Crippen molar-refractivity contribution in [2.45, 2.75) is 26.4 Å². The molecular formula is C14H12BrF3S. The van der Waals surface area contributed by atoms with E-state index in [-0.39, 0.29) is 0 Å². The SMILES string of the molecule is Cc1sc(C)c(Cc2cccc(C(F)(F)F)c2)c1Br. The fourth-order valence-corrected chi connectivity index (χ4v) is 3.75. The summed E-state index contributed by atoms with van der Waals surface area (Å²) in [4.78, 5) is 2.29. The van der Waals surface area contributed by atoms with Gasteiger partial charge in [0.15, 0.2) is 0 Å². The lowest BCUT2D eigenvalue weighted by Crippen LogP contribution is -2.05. The number of thiophene rings is 1. The fraction of sp³-hybridized carbons (Fsp3) is 0.286. The van der Waals surface area contributed by atoms with Gasteiger partial charge in [-0.1, -0.05) is 18.2 Å². The van der Waals surface area contributed by atoms with Crippen LogP contribution in [0.4, 0.5) is 13.2 Å². The lowest BCUT2D eigenvalue weighted by Gasteiger charge is -2.09. The fourth-order valence-electron chi connectivity index (χ4n) is 1.97. The van der Waals surface area contributed by atoms with Crippen LogP contribution in [0.15, 0.2) is 28.7 Å². The second kappa shape index (κ2) is 5.29. The molecule has 0 bridgehead atoms. The van der Waals surface area contributed by atoms with Gasteiger partial charge in [0.1, 0.15) is 0 Å². The first-order chi connectivity index (χ1) is 8.79. The number of hydrogen-bond donors (Lipinski definition) is 0. The monoisotopic (exact) mass is 348 g/mol. The second-order valence-electron chi connectivity index (χ2n) is 4.38. The summed E-state index contributed by atoms with van der Waals surface area (Å²) in [6.45, 7) is 3.99. The number of halogens is 4. The molecular weight excluding hydrogens is 337 g/mol. The van der Waals surface area contributed by atoms with Crippen molar-refractivity contribution in [2.75, 3.05) is 0 Å². The zero-order chi connectivity index (χ0) is 14.2. The van der Waals surface area contributed by atoms with Gasteiger partial charge >= 0.3 is 6.18 Å². The van der Waals surface area contributed by atoms with Crippen LogP contribution < -0.4 is 0 Å². The number of alkyl halides is 3. The molecule has 0 aliphatic carbocycles. The van der Waals surface area contributed by atoms with Crippen LogP contribution in [0.2, 0.25) is 0 Å². The Morgan fingerprint density at radius 1 is 1.16 bits per heavy atom. The van der Waals surface area contributed by atoms with Crippen LogP contribution in [0, 0.1) is 13.8 Å². The predicted molar refractivity (Wildman–Crippen MR) is 75.7 cm³/mol. The van der Waals surface area contributed by atoms with Gasteiger partial charge < -0.3 is 0 Å². The summed E-state index contributed by atoms with van der Waals surface area (Å²) >= 11 is 5.16. The van der Waals surface area contributed by atoms with Crippen LogP contribution in [0.3, 0.4) is 0 Å². The molecule has 0 saturated carbocycles. The molecule has 1 heterocycles. The first kappa shape index (κ1) is 14.6. The summed E-state index contributed by atoms with van der Waals surface area (Å²) in [6, 6.07) is 5.51. The van der Waals surface area contributed by atoms with Gasteiger partial charge in [0, 0.05) is 14.2 Å². The van der Waals surface area contributed by atoms with E-state index in [4.69, 9.17) is 0 Å². The quantitative estimate of drug-likeness (QED) is 0.649. The largest absolute Gasteiger partial charge is 0.416 e. The van der Waals surface area contributed by atoms with E-state index in [0.717, 1.165) is 25.9 Å². The van der Waals surface area contributed by atoms with Crippen molar-refractivity contribution in [3.63, 3.8) is 0 Å². The number of rotatable bonds is 2. The van der Waals surface area contributed by atoms with Crippen molar-refractivity contribution in [1.82, 2.24) is 0 Å². The van der Waals surface area contributed by atoms with Crippen LogP contribution in [-0.4, -0.2) is 0 Å². The third kappa shape index (κ3) is 3.20. The zero-order valence-electron chi connectivity index (χ0n) is 10.4. The van der Waals surface area contributed by atoms with E-state index in [1.54, 1.807) is 17.4 Å². The number of hydrogen-bond acceptors (Lipinski definition) is 1. The van der Waals surface area contributed by atoms with Crippen molar-refractivity contribution in [3.05, 3.63) is 55.2 Å². The standard InChI is InChI=1S/C14H12BrF3S/c1-8-12(13(15)9(2)19-8)7-10-4-3-5-11(6-10)14(16,17)18/h3-6H,7H2,1-2H3. The maximum absolute atomic E-state index is 12.7. The van der Waals surface area contributed by atoms with Gasteiger partial charge in [0.25, 0.3) is 0 Å². The number of benzene rings is 1.